The van der Waals surface area contributed by atoms with Gasteiger partial charge in [-0.2, -0.15) is 16.3 Å². The van der Waals surface area contributed by atoms with Crippen LogP contribution in [-0.2, 0) is 11.2 Å². The van der Waals surface area contributed by atoms with Gasteiger partial charge in [0.1, 0.15) is 11.2 Å². The summed E-state index contributed by atoms with van der Waals surface area (Å²) in [6.07, 6.45) is 0.855. The fraction of sp³-hybridized carbons (Fsp3) is 0.333. The van der Waals surface area contributed by atoms with Crippen LogP contribution in [0.5, 0.6) is 0 Å². The first-order valence-corrected chi connectivity index (χ1v) is 8.19. The maximum Gasteiger partial charge on any atom is 0.376 e. The highest BCUT2D eigenvalue weighted by molar-refractivity contribution is 7.07. The van der Waals surface area contributed by atoms with Gasteiger partial charge >= 0.3 is 5.97 Å². The van der Waals surface area contributed by atoms with Crippen molar-refractivity contribution in [3.05, 3.63) is 33.9 Å². The van der Waals surface area contributed by atoms with Gasteiger partial charge in [-0.3, -0.25) is 0 Å². The summed E-state index contributed by atoms with van der Waals surface area (Å²) >= 11 is 1.66. The molecule has 0 aliphatic carbocycles. The van der Waals surface area contributed by atoms with Crippen molar-refractivity contribution in [2.75, 3.05) is 18.5 Å². The van der Waals surface area contributed by atoms with Crippen LogP contribution in [0, 0.1) is 6.92 Å². The number of aromatic nitrogens is 3. The Hall–Kier alpha value is -2.48. The van der Waals surface area contributed by atoms with Gasteiger partial charge in [-0.25, -0.2) is 9.78 Å². The maximum atomic E-state index is 11.9. The highest BCUT2D eigenvalue weighted by atomic mass is 32.1. The fourth-order valence-electron chi connectivity index (χ4n) is 2.16. The predicted octanol–water partition coefficient (Wildman–Crippen LogP) is 2.82. The summed E-state index contributed by atoms with van der Waals surface area (Å²) in [7, 11) is 0. The van der Waals surface area contributed by atoms with Crippen LogP contribution in [0.4, 0.5) is 5.82 Å². The van der Waals surface area contributed by atoms with E-state index in [4.69, 9.17) is 9.26 Å². The van der Waals surface area contributed by atoms with Crippen LogP contribution >= 0.6 is 11.3 Å². The standard InChI is InChI=1S/C15H16N4O3S/c1-3-21-15(20)13-17-12(11-9(2)19-22-14(11)18-13)16-6-4-10-5-7-23-8-10/h5,7-8H,3-4,6H2,1-2H3,(H,16,17,18). The van der Waals surface area contributed by atoms with E-state index in [-0.39, 0.29) is 18.1 Å². The second-order valence-corrected chi connectivity index (χ2v) is 5.65. The largest absolute Gasteiger partial charge is 0.460 e. The average Bonchev–Trinajstić information content (AvgIpc) is 3.18. The number of hydrogen-bond acceptors (Lipinski definition) is 8. The van der Waals surface area contributed by atoms with Gasteiger partial charge in [0.15, 0.2) is 0 Å². The third-order valence-electron chi connectivity index (χ3n) is 3.25. The third-order valence-corrected chi connectivity index (χ3v) is 3.98. The van der Waals surface area contributed by atoms with Crippen molar-refractivity contribution in [3.8, 4) is 0 Å². The number of carbonyl (C=O) groups is 1. The molecular weight excluding hydrogens is 316 g/mol. The molecule has 8 heteroatoms. The Balaban J connectivity index is 1.86. The topological polar surface area (TPSA) is 90.1 Å². The minimum absolute atomic E-state index is 0.0338. The molecule has 0 aliphatic rings. The molecule has 0 unspecified atom stereocenters. The Bertz CT molecular complexity index is 814. The number of hydrogen-bond donors (Lipinski definition) is 1. The Kier molecular flexibility index (Phi) is 4.52. The first-order valence-electron chi connectivity index (χ1n) is 7.25. The van der Waals surface area contributed by atoms with E-state index in [0.29, 0.717) is 23.4 Å². The molecule has 0 atom stereocenters. The third kappa shape index (κ3) is 3.31. The number of thiophene rings is 1. The summed E-state index contributed by atoms with van der Waals surface area (Å²) in [5, 5.41) is 12.0. The summed E-state index contributed by atoms with van der Waals surface area (Å²) in [4.78, 5) is 20.2. The molecule has 0 radical (unpaired) electrons. The van der Waals surface area contributed by atoms with Gasteiger partial charge in [0.25, 0.3) is 5.71 Å². The Labute approximate surface area is 136 Å². The van der Waals surface area contributed by atoms with Gasteiger partial charge in [-0.05, 0) is 42.7 Å². The molecule has 0 saturated heterocycles. The van der Waals surface area contributed by atoms with Gasteiger partial charge in [0, 0.05) is 6.54 Å². The SMILES string of the molecule is CCOC(=O)c1nc(NCCc2ccsc2)c2c(C)noc2n1. The summed E-state index contributed by atoms with van der Waals surface area (Å²) in [5.74, 6) is -0.0788. The number of fused-ring (bicyclic) bond motifs is 1. The van der Waals surface area contributed by atoms with Crippen LogP contribution < -0.4 is 5.32 Å². The summed E-state index contributed by atoms with van der Waals surface area (Å²) in [6.45, 7) is 4.48. The zero-order valence-electron chi connectivity index (χ0n) is 12.8. The lowest BCUT2D eigenvalue weighted by Gasteiger charge is -2.07. The number of carbonyl (C=O) groups excluding carboxylic acids is 1. The van der Waals surface area contributed by atoms with Crippen LogP contribution in [0.25, 0.3) is 11.1 Å². The van der Waals surface area contributed by atoms with Crippen molar-refractivity contribution >= 4 is 34.2 Å². The van der Waals surface area contributed by atoms with Gasteiger partial charge in [0.2, 0.25) is 5.82 Å². The van der Waals surface area contributed by atoms with E-state index < -0.39 is 5.97 Å². The fourth-order valence-corrected chi connectivity index (χ4v) is 2.87. The number of rotatable bonds is 6. The zero-order chi connectivity index (χ0) is 16.2. The molecule has 0 saturated carbocycles. The van der Waals surface area contributed by atoms with E-state index in [0.717, 1.165) is 6.42 Å². The molecule has 3 aromatic rings. The zero-order valence-corrected chi connectivity index (χ0v) is 13.6. The number of ether oxygens (including phenoxy) is 1. The lowest BCUT2D eigenvalue weighted by atomic mass is 10.2. The van der Waals surface area contributed by atoms with E-state index in [9.17, 15) is 4.79 Å². The molecule has 1 N–H and O–H groups in total. The van der Waals surface area contributed by atoms with E-state index in [1.54, 1.807) is 18.3 Å². The maximum absolute atomic E-state index is 11.9. The quantitative estimate of drug-likeness (QED) is 0.694. The van der Waals surface area contributed by atoms with Crippen molar-refractivity contribution in [1.29, 1.82) is 0 Å². The molecule has 0 amide bonds. The first-order chi connectivity index (χ1) is 11.2. The number of nitrogens with zero attached hydrogens (tertiary/aromatic N) is 3. The molecule has 3 heterocycles. The van der Waals surface area contributed by atoms with Crippen molar-refractivity contribution in [2.45, 2.75) is 20.3 Å². The van der Waals surface area contributed by atoms with Crippen LogP contribution in [-0.4, -0.2) is 34.2 Å². The molecule has 0 bridgehead atoms. The number of nitrogens with one attached hydrogen (secondary N) is 1. The minimum atomic E-state index is -0.579. The number of anilines is 1. The van der Waals surface area contributed by atoms with E-state index in [2.05, 4.69) is 31.9 Å². The van der Waals surface area contributed by atoms with Crippen molar-refractivity contribution in [2.24, 2.45) is 0 Å². The van der Waals surface area contributed by atoms with Gasteiger partial charge < -0.3 is 14.6 Å². The summed E-state index contributed by atoms with van der Waals surface area (Å²) in [6, 6.07) is 2.08. The second kappa shape index (κ2) is 6.74. The van der Waals surface area contributed by atoms with Crippen molar-refractivity contribution in [3.63, 3.8) is 0 Å². The Morgan fingerprint density at radius 2 is 2.30 bits per heavy atom. The van der Waals surface area contributed by atoms with Gasteiger partial charge in [-0.15, -0.1) is 0 Å². The van der Waals surface area contributed by atoms with Crippen LogP contribution in [0.2, 0.25) is 0 Å². The number of aryl methyl sites for hydroxylation is 1. The normalized spacial score (nSPS) is 10.9. The molecule has 23 heavy (non-hydrogen) atoms. The van der Waals surface area contributed by atoms with Gasteiger partial charge in [-0.1, -0.05) is 5.16 Å². The van der Waals surface area contributed by atoms with E-state index in [1.165, 1.54) is 5.56 Å². The molecule has 3 aromatic heterocycles. The monoisotopic (exact) mass is 332 g/mol. The highest BCUT2D eigenvalue weighted by Crippen LogP contribution is 2.24. The molecule has 0 fully saturated rings. The van der Waals surface area contributed by atoms with Gasteiger partial charge in [0.05, 0.1) is 12.3 Å². The molecular formula is C15H16N4O3S. The van der Waals surface area contributed by atoms with E-state index in [1.807, 2.05) is 12.3 Å². The lowest BCUT2D eigenvalue weighted by molar-refractivity contribution is 0.0512. The molecule has 0 aliphatic heterocycles. The van der Waals surface area contributed by atoms with E-state index >= 15 is 0 Å². The van der Waals surface area contributed by atoms with Crippen LogP contribution in [0.15, 0.2) is 21.3 Å². The summed E-state index contributed by atoms with van der Waals surface area (Å²) in [5.41, 5.74) is 2.20. The smallest absolute Gasteiger partial charge is 0.376 e. The highest BCUT2D eigenvalue weighted by Gasteiger charge is 2.19. The predicted molar refractivity (Wildman–Crippen MR) is 86.8 cm³/mol. The second-order valence-electron chi connectivity index (χ2n) is 4.87. The Morgan fingerprint density at radius 1 is 1.43 bits per heavy atom. The number of esters is 1. The van der Waals surface area contributed by atoms with Crippen LogP contribution in [0.3, 0.4) is 0 Å². The lowest BCUT2D eigenvalue weighted by Crippen LogP contribution is -2.13. The van der Waals surface area contributed by atoms with Crippen molar-refractivity contribution < 1.29 is 14.1 Å². The molecule has 0 aromatic carbocycles. The first kappa shape index (κ1) is 15.4. The minimum Gasteiger partial charge on any atom is -0.460 e. The van der Waals surface area contributed by atoms with Crippen LogP contribution in [0.1, 0.15) is 28.8 Å². The molecule has 120 valence electrons. The molecule has 3 rings (SSSR count). The average molecular weight is 332 g/mol. The van der Waals surface area contributed by atoms with Crippen molar-refractivity contribution in [1.82, 2.24) is 15.1 Å². The molecule has 0 spiro atoms. The molecule has 7 nitrogen and oxygen atoms in total. The summed E-state index contributed by atoms with van der Waals surface area (Å²) < 4.78 is 10.1. The Morgan fingerprint density at radius 3 is 3.04 bits per heavy atom.